The number of carbonyl (C=O) groups excluding carboxylic acids is 1. The Morgan fingerprint density at radius 1 is 1.25 bits per heavy atom. The second-order valence-electron chi connectivity index (χ2n) is 6.21. The number of amides is 1. The van der Waals surface area contributed by atoms with Gasteiger partial charge in [0.05, 0.1) is 12.4 Å². The molecule has 0 unspecified atom stereocenters. The molecule has 1 aliphatic rings. The van der Waals surface area contributed by atoms with Crippen molar-refractivity contribution in [3.05, 3.63) is 47.9 Å². The molecule has 24 heavy (non-hydrogen) atoms. The molecule has 1 N–H and O–H groups in total. The summed E-state index contributed by atoms with van der Waals surface area (Å²) in [6.45, 7) is 2.55. The summed E-state index contributed by atoms with van der Waals surface area (Å²) < 4.78 is 0. The Hall–Kier alpha value is -2.47. The lowest BCUT2D eigenvalue weighted by Gasteiger charge is -2.16. The first kappa shape index (κ1) is 16.4. The number of para-hydroxylation sites is 1. The molecule has 1 amide bonds. The average Bonchev–Trinajstić information content (AvgIpc) is 3.02. The van der Waals surface area contributed by atoms with E-state index in [1.807, 2.05) is 18.2 Å². The SMILES string of the molecule is CN(C)CCCNc1cnc(C(=O)N2CCc3ccccc32)cn1. The number of hydrogen-bond acceptors (Lipinski definition) is 5. The molecule has 0 saturated heterocycles. The van der Waals surface area contributed by atoms with E-state index in [0.717, 1.165) is 31.6 Å². The number of rotatable bonds is 6. The Morgan fingerprint density at radius 2 is 2.08 bits per heavy atom. The zero-order valence-electron chi connectivity index (χ0n) is 14.2. The normalized spacial score (nSPS) is 13.2. The Bertz CT molecular complexity index is 699. The third kappa shape index (κ3) is 3.71. The van der Waals surface area contributed by atoms with Crippen LogP contribution < -0.4 is 10.2 Å². The Morgan fingerprint density at radius 3 is 2.83 bits per heavy atom. The fourth-order valence-corrected chi connectivity index (χ4v) is 2.83. The maximum Gasteiger partial charge on any atom is 0.278 e. The average molecular weight is 325 g/mol. The van der Waals surface area contributed by atoms with Crippen LogP contribution in [0, 0.1) is 0 Å². The van der Waals surface area contributed by atoms with Crippen molar-refractivity contribution in [2.24, 2.45) is 0 Å². The molecule has 2 aromatic rings. The van der Waals surface area contributed by atoms with Gasteiger partial charge < -0.3 is 15.1 Å². The fourth-order valence-electron chi connectivity index (χ4n) is 2.83. The van der Waals surface area contributed by atoms with Gasteiger partial charge in [-0.1, -0.05) is 18.2 Å². The summed E-state index contributed by atoms with van der Waals surface area (Å²) in [4.78, 5) is 25.2. The molecule has 0 bridgehead atoms. The van der Waals surface area contributed by atoms with Gasteiger partial charge in [0.2, 0.25) is 0 Å². The standard InChI is InChI=1S/C18H23N5O/c1-22(2)10-5-9-19-17-13-20-15(12-21-17)18(24)23-11-8-14-6-3-4-7-16(14)23/h3-4,6-7,12-13H,5,8-11H2,1-2H3,(H,19,21). The number of anilines is 2. The molecule has 6 heteroatoms. The van der Waals surface area contributed by atoms with Crippen LogP contribution in [0.5, 0.6) is 0 Å². The Balaban J connectivity index is 1.61. The number of aromatic nitrogens is 2. The van der Waals surface area contributed by atoms with E-state index in [1.165, 1.54) is 5.56 Å². The van der Waals surface area contributed by atoms with Crippen molar-refractivity contribution in [3.8, 4) is 0 Å². The molecular weight excluding hydrogens is 302 g/mol. The molecule has 2 heterocycles. The molecular formula is C18H23N5O. The van der Waals surface area contributed by atoms with Crippen LogP contribution in [0.1, 0.15) is 22.5 Å². The third-order valence-corrected chi connectivity index (χ3v) is 4.09. The van der Waals surface area contributed by atoms with E-state index >= 15 is 0 Å². The lowest BCUT2D eigenvalue weighted by Crippen LogP contribution is -2.29. The van der Waals surface area contributed by atoms with Gasteiger partial charge in [-0.15, -0.1) is 0 Å². The first-order valence-corrected chi connectivity index (χ1v) is 8.25. The van der Waals surface area contributed by atoms with Crippen molar-refractivity contribution in [1.82, 2.24) is 14.9 Å². The number of benzene rings is 1. The molecule has 0 atom stereocenters. The first-order chi connectivity index (χ1) is 11.6. The van der Waals surface area contributed by atoms with E-state index in [2.05, 4.69) is 40.3 Å². The highest BCUT2D eigenvalue weighted by Gasteiger charge is 2.26. The van der Waals surface area contributed by atoms with Gasteiger partial charge in [0.1, 0.15) is 11.5 Å². The summed E-state index contributed by atoms with van der Waals surface area (Å²) in [7, 11) is 4.10. The Labute approximate surface area is 142 Å². The maximum absolute atomic E-state index is 12.7. The van der Waals surface area contributed by atoms with Crippen LogP contribution in [0.4, 0.5) is 11.5 Å². The number of nitrogens with zero attached hydrogens (tertiary/aromatic N) is 4. The van der Waals surface area contributed by atoms with Gasteiger partial charge in [-0.05, 0) is 45.1 Å². The molecule has 0 fully saturated rings. The van der Waals surface area contributed by atoms with Gasteiger partial charge >= 0.3 is 0 Å². The molecule has 1 aromatic carbocycles. The molecule has 126 valence electrons. The highest BCUT2D eigenvalue weighted by molar-refractivity contribution is 6.05. The monoisotopic (exact) mass is 325 g/mol. The van der Waals surface area contributed by atoms with Crippen molar-refractivity contribution in [2.75, 3.05) is 43.9 Å². The second kappa shape index (κ2) is 7.40. The summed E-state index contributed by atoms with van der Waals surface area (Å²) in [6.07, 6.45) is 5.10. The number of fused-ring (bicyclic) bond motifs is 1. The molecule has 0 saturated carbocycles. The predicted molar refractivity (Wildman–Crippen MR) is 95.5 cm³/mol. The van der Waals surface area contributed by atoms with Crippen molar-refractivity contribution in [2.45, 2.75) is 12.8 Å². The van der Waals surface area contributed by atoms with Gasteiger partial charge in [-0.2, -0.15) is 0 Å². The van der Waals surface area contributed by atoms with Crippen LogP contribution in [0.2, 0.25) is 0 Å². The van der Waals surface area contributed by atoms with Crippen molar-refractivity contribution in [3.63, 3.8) is 0 Å². The first-order valence-electron chi connectivity index (χ1n) is 8.25. The van der Waals surface area contributed by atoms with Crippen LogP contribution >= 0.6 is 0 Å². The van der Waals surface area contributed by atoms with Crippen LogP contribution in [0.15, 0.2) is 36.7 Å². The topological polar surface area (TPSA) is 61.4 Å². The fraction of sp³-hybridized carbons (Fsp3) is 0.389. The van der Waals surface area contributed by atoms with E-state index in [4.69, 9.17) is 0 Å². The van der Waals surface area contributed by atoms with E-state index in [9.17, 15) is 4.79 Å². The van der Waals surface area contributed by atoms with Gasteiger partial charge in [0, 0.05) is 18.8 Å². The molecule has 1 aliphatic heterocycles. The zero-order chi connectivity index (χ0) is 16.9. The van der Waals surface area contributed by atoms with E-state index < -0.39 is 0 Å². The van der Waals surface area contributed by atoms with Crippen LogP contribution in [0.25, 0.3) is 0 Å². The highest BCUT2D eigenvalue weighted by Crippen LogP contribution is 2.28. The van der Waals surface area contributed by atoms with Crippen LogP contribution in [-0.4, -0.2) is 54.5 Å². The Kier molecular flexibility index (Phi) is 5.05. The molecule has 6 nitrogen and oxygen atoms in total. The highest BCUT2D eigenvalue weighted by atomic mass is 16.2. The third-order valence-electron chi connectivity index (χ3n) is 4.09. The van der Waals surface area contributed by atoms with Crippen LogP contribution in [-0.2, 0) is 6.42 Å². The molecule has 3 rings (SSSR count). The van der Waals surface area contributed by atoms with Gasteiger partial charge in [0.15, 0.2) is 0 Å². The summed E-state index contributed by atoms with van der Waals surface area (Å²) in [5.41, 5.74) is 2.57. The second-order valence-corrected chi connectivity index (χ2v) is 6.21. The van der Waals surface area contributed by atoms with Gasteiger partial charge in [-0.25, -0.2) is 9.97 Å². The maximum atomic E-state index is 12.7. The quantitative estimate of drug-likeness (QED) is 0.824. The minimum atomic E-state index is -0.0911. The largest absolute Gasteiger partial charge is 0.369 e. The molecule has 1 aromatic heterocycles. The van der Waals surface area contributed by atoms with Gasteiger partial charge in [0.25, 0.3) is 5.91 Å². The molecule has 0 spiro atoms. The zero-order valence-corrected chi connectivity index (χ0v) is 14.2. The summed E-state index contributed by atoms with van der Waals surface area (Å²) in [6, 6.07) is 8.00. The molecule has 0 radical (unpaired) electrons. The lowest BCUT2D eigenvalue weighted by molar-refractivity contribution is 0.0984. The van der Waals surface area contributed by atoms with E-state index in [1.54, 1.807) is 17.3 Å². The van der Waals surface area contributed by atoms with Crippen molar-refractivity contribution >= 4 is 17.4 Å². The smallest absolute Gasteiger partial charge is 0.278 e. The summed E-state index contributed by atoms with van der Waals surface area (Å²) >= 11 is 0. The predicted octanol–water partition coefficient (Wildman–Crippen LogP) is 2.04. The number of hydrogen-bond donors (Lipinski definition) is 1. The van der Waals surface area contributed by atoms with Crippen molar-refractivity contribution in [1.29, 1.82) is 0 Å². The van der Waals surface area contributed by atoms with E-state index in [0.29, 0.717) is 18.1 Å². The minimum Gasteiger partial charge on any atom is -0.369 e. The van der Waals surface area contributed by atoms with Gasteiger partial charge in [-0.3, -0.25) is 4.79 Å². The van der Waals surface area contributed by atoms with Crippen molar-refractivity contribution < 1.29 is 4.79 Å². The number of carbonyl (C=O) groups is 1. The number of nitrogens with one attached hydrogen (secondary N) is 1. The summed E-state index contributed by atoms with van der Waals surface area (Å²) in [5.74, 6) is 0.610. The van der Waals surface area contributed by atoms with E-state index in [-0.39, 0.29) is 5.91 Å². The summed E-state index contributed by atoms with van der Waals surface area (Å²) in [5, 5.41) is 3.23. The molecule has 0 aliphatic carbocycles. The van der Waals surface area contributed by atoms with Crippen LogP contribution in [0.3, 0.4) is 0 Å². The minimum absolute atomic E-state index is 0.0911. The lowest BCUT2D eigenvalue weighted by atomic mass is 10.2.